The minimum Gasteiger partial charge on any atom is -0.480 e. The van der Waals surface area contributed by atoms with Crippen molar-refractivity contribution in [3.63, 3.8) is 0 Å². The van der Waals surface area contributed by atoms with Gasteiger partial charge in [0.2, 0.25) is 17.7 Å². The number of carboxylic acids is 1. The van der Waals surface area contributed by atoms with Crippen LogP contribution in [0.4, 0.5) is 0 Å². The van der Waals surface area contributed by atoms with Crippen LogP contribution >= 0.6 is 0 Å². The van der Waals surface area contributed by atoms with Crippen molar-refractivity contribution in [2.24, 2.45) is 23.5 Å². The highest BCUT2D eigenvalue weighted by Gasteiger charge is 2.33. The molecule has 4 aromatic carbocycles. The molecule has 0 radical (unpaired) electrons. The number of nitrogens with one attached hydrogen (secondary N) is 3. The second kappa shape index (κ2) is 20.6. The van der Waals surface area contributed by atoms with Crippen LogP contribution in [0.15, 0.2) is 84.9 Å². The number of fused-ring (bicyclic) bond motifs is 2. The van der Waals surface area contributed by atoms with Crippen LogP contribution in [0.2, 0.25) is 0 Å². The van der Waals surface area contributed by atoms with Crippen LogP contribution in [0, 0.1) is 17.8 Å². The number of carboxylic acid groups (broad SMARTS) is 1. The molecule has 54 heavy (non-hydrogen) atoms. The molecule has 4 aromatic rings. The third-order valence-corrected chi connectivity index (χ3v) is 10.3. The monoisotopic (exact) mass is 738 g/mol. The molecule has 0 aliphatic carbocycles. The summed E-state index contributed by atoms with van der Waals surface area (Å²) in [5.74, 6) is -3.16. The summed E-state index contributed by atoms with van der Waals surface area (Å²) in [5, 5.41) is 33.8. The van der Waals surface area contributed by atoms with Crippen molar-refractivity contribution in [1.82, 2.24) is 16.0 Å². The van der Waals surface area contributed by atoms with Crippen molar-refractivity contribution in [2.75, 3.05) is 6.54 Å². The number of hydrogen-bond acceptors (Lipinski definition) is 6. The van der Waals surface area contributed by atoms with E-state index in [4.69, 9.17) is 5.73 Å². The van der Waals surface area contributed by atoms with Crippen LogP contribution in [-0.2, 0) is 32.0 Å². The summed E-state index contributed by atoms with van der Waals surface area (Å²) in [5.41, 5.74) is 7.62. The number of hydrogen-bond donors (Lipinski definition) is 6. The number of rotatable bonds is 21. The van der Waals surface area contributed by atoms with Crippen LogP contribution in [0.3, 0.4) is 0 Å². The van der Waals surface area contributed by atoms with E-state index >= 15 is 0 Å². The maximum Gasteiger partial charge on any atom is 0.326 e. The highest BCUT2D eigenvalue weighted by Crippen LogP contribution is 2.27. The highest BCUT2D eigenvalue weighted by molar-refractivity contribution is 5.91. The van der Waals surface area contributed by atoms with E-state index in [1.54, 1.807) is 0 Å². The van der Waals surface area contributed by atoms with E-state index in [9.17, 15) is 29.4 Å². The zero-order valence-corrected chi connectivity index (χ0v) is 32.1. The molecule has 5 atom stereocenters. The van der Waals surface area contributed by atoms with Crippen LogP contribution in [0.1, 0.15) is 77.3 Å². The van der Waals surface area contributed by atoms with Gasteiger partial charge < -0.3 is 31.9 Å². The second-order valence-corrected chi connectivity index (χ2v) is 15.0. The fraction of sp³-hybridized carbons (Fsp3) is 0.455. The Kier molecular flexibility index (Phi) is 16.0. The lowest BCUT2D eigenvalue weighted by Crippen LogP contribution is -2.56. The van der Waals surface area contributed by atoms with Crippen molar-refractivity contribution in [2.45, 2.75) is 103 Å². The molecule has 0 saturated carbocycles. The van der Waals surface area contributed by atoms with E-state index < -0.39 is 54.4 Å². The van der Waals surface area contributed by atoms with Gasteiger partial charge in [0.25, 0.3) is 0 Å². The second-order valence-electron chi connectivity index (χ2n) is 15.0. The fourth-order valence-electron chi connectivity index (χ4n) is 7.13. The lowest BCUT2D eigenvalue weighted by Gasteiger charge is -2.31. The van der Waals surface area contributed by atoms with Gasteiger partial charge in [0.1, 0.15) is 12.1 Å². The topological polar surface area (TPSA) is 171 Å². The molecule has 10 heteroatoms. The number of benzene rings is 4. The van der Waals surface area contributed by atoms with Gasteiger partial charge in [0, 0.05) is 5.92 Å². The van der Waals surface area contributed by atoms with Crippen molar-refractivity contribution < 1.29 is 29.4 Å². The van der Waals surface area contributed by atoms with Crippen molar-refractivity contribution in [1.29, 1.82) is 0 Å². The van der Waals surface area contributed by atoms with Crippen LogP contribution in [0.25, 0.3) is 21.5 Å². The normalized spacial score (nSPS) is 14.4. The largest absolute Gasteiger partial charge is 0.480 e. The van der Waals surface area contributed by atoms with Gasteiger partial charge in [-0.1, -0.05) is 119 Å². The third kappa shape index (κ3) is 11.9. The average molecular weight is 739 g/mol. The molecule has 3 amide bonds. The Morgan fingerprint density at radius 1 is 0.722 bits per heavy atom. The van der Waals surface area contributed by atoms with Gasteiger partial charge >= 0.3 is 5.97 Å². The van der Waals surface area contributed by atoms with Gasteiger partial charge in [-0.05, 0) is 89.6 Å². The van der Waals surface area contributed by atoms with Crippen LogP contribution in [-0.4, -0.2) is 64.7 Å². The van der Waals surface area contributed by atoms with E-state index in [2.05, 4.69) is 64.5 Å². The zero-order valence-electron chi connectivity index (χ0n) is 32.1. The molecule has 7 N–H and O–H groups in total. The maximum atomic E-state index is 14.5. The van der Waals surface area contributed by atoms with Gasteiger partial charge in [0.05, 0.1) is 18.6 Å². The Morgan fingerprint density at radius 2 is 1.28 bits per heavy atom. The van der Waals surface area contributed by atoms with Gasteiger partial charge in [-0.15, -0.1) is 0 Å². The molecule has 0 saturated heterocycles. The quantitative estimate of drug-likeness (QED) is 0.0578. The highest BCUT2D eigenvalue weighted by atomic mass is 16.4. The molecule has 0 unspecified atom stereocenters. The molecule has 0 bridgehead atoms. The number of unbranched alkanes of at least 4 members (excludes halogenated alkanes) is 1. The Hall–Kier alpha value is -4.80. The molecule has 0 fully saturated rings. The van der Waals surface area contributed by atoms with E-state index in [0.29, 0.717) is 45.1 Å². The summed E-state index contributed by atoms with van der Waals surface area (Å²) in [6.07, 6.45) is 1.60. The summed E-state index contributed by atoms with van der Waals surface area (Å²) in [6, 6.07) is 25.6. The van der Waals surface area contributed by atoms with Crippen molar-refractivity contribution in [3.8, 4) is 0 Å². The predicted octanol–water partition coefficient (Wildman–Crippen LogP) is 5.91. The standard InChI is InChI=1S/C44H58N4O6/c1-5-29(4)41(43(52)47-38(24-28(2)3)39(49)27-40(50)46-37(44(53)54)22-10-11-23-45)48-42(51)34(25-32-18-12-16-30-14-6-8-20-35(30)32)26-33-19-13-17-31-15-7-9-21-36(31)33/h6-9,12-21,28-29,34,37-39,41,49H,5,10-11,22-27,45H2,1-4H3,(H,46,50)(H,47,52)(H,48,51)(H,53,54)/t29-,37-,38-,39-,41-/m0/s1. The number of nitrogens with two attached hydrogens (primary N) is 1. The first-order chi connectivity index (χ1) is 25.9. The molecular formula is C44H58N4O6. The maximum absolute atomic E-state index is 14.5. The van der Waals surface area contributed by atoms with Crippen LogP contribution < -0.4 is 21.7 Å². The van der Waals surface area contributed by atoms with E-state index in [0.717, 1.165) is 32.7 Å². The summed E-state index contributed by atoms with van der Waals surface area (Å²) in [4.78, 5) is 53.3. The fourth-order valence-corrected chi connectivity index (χ4v) is 7.13. The van der Waals surface area contributed by atoms with Gasteiger partial charge in [-0.25, -0.2) is 4.79 Å². The molecule has 0 aliphatic rings. The first kappa shape index (κ1) is 41.9. The number of aliphatic hydroxyl groups is 1. The smallest absolute Gasteiger partial charge is 0.326 e. The van der Waals surface area contributed by atoms with Gasteiger partial charge in [0.15, 0.2) is 0 Å². The van der Waals surface area contributed by atoms with Crippen molar-refractivity contribution >= 4 is 45.2 Å². The number of amides is 3. The molecule has 0 heterocycles. The van der Waals surface area contributed by atoms with E-state index in [1.807, 2.05) is 64.1 Å². The molecule has 290 valence electrons. The Balaban J connectivity index is 1.57. The first-order valence-electron chi connectivity index (χ1n) is 19.4. The minimum absolute atomic E-state index is 0.0541. The number of carbonyl (C=O) groups is 4. The van der Waals surface area contributed by atoms with Crippen molar-refractivity contribution in [3.05, 3.63) is 96.1 Å². The molecule has 0 aromatic heterocycles. The molecular weight excluding hydrogens is 681 g/mol. The third-order valence-electron chi connectivity index (χ3n) is 10.3. The lowest BCUT2D eigenvalue weighted by molar-refractivity contribution is -0.142. The molecule has 10 nitrogen and oxygen atoms in total. The summed E-state index contributed by atoms with van der Waals surface area (Å²) >= 11 is 0. The number of aliphatic carboxylic acids is 1. The SMILES string of the molecule is CC[C@H](C)[C@H](NC(=O)C(Cc1cccc2ccccc12)Cc1cccc2ccccc12)C(=O)N[C@@H](CC(C)C)[C@@H](O)CC(=O)N[C@@H](CCCCN)C(=O)O. The van der Waals surface area contributed by atoms with Gasteiger partial charge in [-0.3, -0.25) is 14.4 Å². The predicted molar refractivity (Wildman–Crippen MR) is 215 cm³/mol. The number of carbonyl (C=O) groups excluding carboxylic acids is 3. The summed E-state index contributed by atoms with van der Waals surface area (Å²) in [6.45, 7) is 8.18. The van der Waals surface area contributed by atoms with Gasteiger partial charge in [-0.2, -0.15) is 0 Å². The zero-order chi connectivity index (χ0) is 39.2. The van der Waals surface area contributed by atoms with E-state index in [1.165, 1.54) is 0 Å². The Morgan fingerprint density at radius 3 is 1.80 bits per heavy atom. The Labute approximate surface area is 319 Å². The molecule has 0 aliphatic heterocycles. The summed E-state index contributed by atoms with van der Waals surface area (Å²) < 4.78 is 0. The van der Waals surface area contributed by atoms with Crippen LogP contribution in [0.5, 0.6) is 0 Å². The molecule has 0 spiro atoms. The lowest BCUT2D eigenvalue weighted by atomic mass is 9.87. The number of aliphatic hydroxyl groups excluding tert-OH is 1. The first-order valence-corrected chi connectivity index (χ1v) is 19.4. The minimum atomic E-state index is -1.28. The van der Waals surface area contributed by atoms with E-state index in [-0.39, 0.29) is 24.2 Å². The average Bonchev–Trinajstić information content (AvgIpc) is 3.15. The molecule has 4 rings (SSSR count). The Bertz CT molecular complexity index is 1770. The summed E-state index contributed by atoms with van der Waals surface area (Å²) in [7, 11) is 0.